The standard InChI is InChI=1S/C16H12BrFN2O2S/c17-11-9-15(14-3-1-2-4-16(14)23(19,21)22)20(10-11)13-7-5-12(18)6-8-13/h1-10H,(H2,19,21,22). The van der Waals surface area contributed by atoms with Gasteiger partial charge in [-0.1, -0.05) is 18.2 Å². The van der Waals surface area contributed by atoms with Crippen molar-refractivity contribution in [2.45, 2.75) is 4.90 Å². The van der Waals surface area contributed by atoms with Gasteiger partial charge in [0.05, 0.1) is 10.6 Å². The normalized spacial score (nSPS) is 11.6. The molecule has 0 amide bonds. The SMILES string of the molecule is NS(=O)(=O)c1ccccc1-c1cc(Br)cn1-c1ccc(F)cc1. The zero-order valence-electron chi connectivity index (χ0n) is 11.8. The first-order chi connectivity index (χ1) is 10.9. The van der Waals surface area contributed by atoms with Gasteiger partial charge >= 0.3 is 0 Å². The molecule has 0 saturated carbocycles. The quantitative estimate of drug-likeness (QED) is 0.735. The maximum atomic E-state index is 13.1. The predicted molar refractivity (Wildman–Crippen MR) is 90.2 cm³/mol. The summed E-state index contributed by atoms with van der Waals surface area (Å²) in [6.45, 7) is 0. The Morgan fingerprint density at radius 1 is 1.04 bits per heavy atom. The summed E-state index contributed by atoms with van der Waals surface area (Å²) in [4.78, 5) is 0.0361. The first-order valence-corrected chi connectivity index (χ1v) is 8.96. The van der Waals surface area contributed by atoms with Crippen LogP contribution in [-0.2, 0) is 10.0 Å². The Labute approximate surface area is 141 Å². The molecule has 1 heterocycles. The number of primary sulfonamides is 1. The zero-order chi connectivity index (χ0) is 16.6. The largest absolute Gasteiger partial charge is 0.315 e. The Hall–Kier alpha value is -1.96. The third-order valence-corrected chi connectivity index (χ3v) is 4.76. The maximum absolute atomic E-state index is 13.1. The second-order valence-corrected chi connectivity index (χ2v) is 7.38. The minimum atomic E-state index is -3.87. The van der Waals surface area contributed by atoms with Crippen molar-refractivity contribution in [2.75, 3.05) is 0 Å². The van der Waals surface area contributed by atoms with Crippen LogP contribution in [0, 0.1) is 5.82 Å². The number of nitrogens with zero attached hydrogens (tertiary/aromatic N) is 1. The molecule has 2 aromatic carbocycles. The van der Waals surface area contributed by atoms with Gasteiger partial charge in [0.25, 0.3) is 0 Å². The Balaban J connectivity index is 2.25. The smallest absolute Gasteiger partial charge is 0.238 e. The number of aromatic nitrogens is 1. The molecule has 2 N–H and O–H groups in total. The van der Waals surface area contributed by atoms with E-state index < -0.39 is 10.0 Å². The molecule has 0 radical (unpaired) electrons. The maximum Gasteiger partial charge on any atom is 0.238 e. The van der Waals surface area contributed by atoms with E-state index in [9.17, 15) is 12.8 Å². The van der Waals surface area contributed by atoms with Crippen LogP contribution >= 0.6 is 15.9 Å². The molecule has 3 rings (SSSR count). The van der Waals surface area contributed by atoms with E-state index in [0.29, 0.717) is 16.9 Å². The fraction of sp³-hybridized carbons (Fsp3) is 0. The molecular weight excluding hydrogens is 383 g/mol. The molecule has 0 unspecified atom stereocenters. The highest BCUT2D eigenvalue weighted by Gasteiger charge is 2.18. The van der Waals surface area contributed by atoms with Gasteiger partial charge in [-0.15, -0.1) is 0 Å². The fourth-order valence-corrected chi connectivity index (χ4v) is 3.55. The van der Waals surface area contributed by atoms with E-state index in [4.69, 9.17) is 5.14 Å². The lowest BCUT2D eigenvalue weighted by Crippen LogP contribution is -2.13. The summed E-state index contributed by atoms with van der Waals surface area (Å²) in [6.07, 6.45) is 1.78. The topological polar surface area (TPSA) is 65.1 Å². The number of hydrogen-bond donors (Lipinski definition) is 1. The van der Waals surface area contributed by atoms with Crippen LogP contribution in [0.25, 0.3) is 16.9 Å². The minimum Gasteiger partial charge on any atom is -0.315 e. The van der Waals surface area contributed by atoms with Crippen LogP contribution in [0.15, 0.2) is 70.2 Å². The summed E-state index contributed by atoms with van der Waals surface area (Å²) in [5, 5.41) is 5.31. The monoisotopic (exact) mass is 394 g/mol. The lowest BCUT2D eigenvalue weighted by Gasteiger charge is -2.12. The van der Waals surface area contributed by atoms with Crippen molar-refractivity contribution in [1.82, 2.24) is 4.57 Å². The highest BCUT2D eigenvalue weighted by molar-refractivity contribution is 9.10. The van der Waals surface area contributed by atoms with E-state index >= 15 is 0 Å². The lowest BCUT2D eigenvalue weighted by atomic mass is 10.1. The predicted octanol–water partition coefficient (Wildman–Crippen LogP) is 3.69. The summed E-state index contributed by atoms with van der Waals surface area (Å²) in [5.74, 6) is -0.341. The molecular formula is C16H12BrFN2O2S. The molecule has 0 fully saturated rings. The molecule has 3 aromatic rings. The van der Waals surface area contributed by atoms with Crippen LogP contribution in [0.5, 0.6) is 0 Å². The van der Waals surface area contributed by atoms with E-state index in [-0.39, 0.29) is 10.7 Å². The first kappa shape index (κ1) is 15.9. The molecule has 0 spiro atoms. The van der Waals surface area contributed by atoms with Crippen LogP contribution in [0.1, 0.15) is 0 Å². The Kier molecular flexibility index (Phi) is 4.09. The second-order valence-electron chi connectivity index (χ2n) is 4.93. The molecule has 0 saturated heterocycles. The number of benzene rings is 2. The first-order valence-electron chi connectivity index (χ1n) is 6.62. The van der Waals surface area contributed by atoms with Crippen molar-refractivity contribution in [1.29, 1.82) is 0 Å². The van der Waals surface area contributed by atoms with Gasteiger partial charge in [0, 0.05) is 21.9 Å². The Bertz CT molecular complexity index is 966. The van der Waals surface area contributed by atoms with Gasteiger partial charge in [0.2, 0.25) is 10.0 Å². The van der Waals surface area contributed by atoms with Crippen LogP contribution in [-0.4, -0.2) is 13.0 Å². The van der Waals surface area contributed by atoms with E-state index in [1.54, 1.807) is 47.2 Å². The number of hydrogen-bond acceptors (Lipinski definition) is 2. The van der Waals surface area contributed by atoms with Crippen LogP contribution in [0.3, 0.4) is 0 Å². The van der Waals surface area contributed by atoms with Crippen molar-refractivity contribution >= 4 is 26.0 Å². The molecule has 7 heteroatoms. The summed E-state index contributed by atoms with van der Waals surface area (Å²) < 4.78 is 39.3. The van der Waals surface area contributed by atoms with Gasteiger partial charge in [-0.05, 0) is 52.3 Å². The summed E-state index contributed by atoms with van der Waals surface area (Å²) in [6, 6.07) is 14.2. The van der Waals surface area contributed by atoms with Gasteiger partial charge in [-0.3, -0.25) is 0 Å². The number of rotatable bonds is 3. The molecule has 0 aliphatic carbocycles. The van der Waals surface area contributed by atoms with Crippen molar-refractivity contribution in [2.24, 2.45) is 5.14 Å². The molecule has 4 nitrogen and oxygen atoms in total. The number of sulfonamides is 1. The van der Waals surface area contributed by atoms with Gasteiger partial charge in [-0.25, -0.2) is 17.9 Å². The summed E-state index contributed by atoms with van der Waals surface area (Å²) in [7, 11) is -3.87. The van der Waals surface area contributed by atoms with Crippen molar-refractivity contribution < 1.29 is 12.8 Å². The Morgan fingerprint density at radius 3 is 2.35 bits per heavy atom. The molecule has 0 aliphatic heterocycles. The van der Waals surface area contributed by atoms with Crippen molar-refractivity contribution in [3.05, 3.63) is 71.1 Å². The second kappa shape index (κ2) is 5.92. The van der Waals surface area contributed by atoms with E-state index in [1.807, 2.05) is 0 Å². The van der Waals surface area contributed by atoms with Crippen molar-refractivity contribution in [3.8, 4) is 16.9 Å². The molecule has 0 bridgehead atoms. The highest BCUT2D eigenvalue weighted by Crippen LogP contribution is 2.32. The molecule has 0 aliphatic rings. The zero-order valence-corrected chi connectivity index (χ0v) is 14.2. The Morgan fingerprint density at radius 2 is 1.70 bits per heavy atom. The lowest BCUT2D eigenvalue weighted by molar-refractivity contribution is 0.598. The van der Waals surface area contributed by atoms with Gasteiger partial charge in [0.1, 0.15) is 5.82 Å². The van der Waals surface area contributed by atoms with Gasteiger partial charge < -0.3 is 4.57 Å². The molecule has 0 atom stereocenters. The average Bonchev–Trinajstić information content (AvgIpc) is 2.89. The number of nitrogens with two attached hydrogens (primary N) is 1. The molecule has 1 aromatic heterocycles. The highest BCUT2D eigenvalue weighted by atomic mass is 79.9. The average molecular weight is 395 g/mol. The van der Waals surface area contributed by atoms with Crippen LogP contribution in [0.2, 0.25) is 0 Å². The van der Waals surface area contributed by atoms with E-state index in [2.05, 4.69) is 15.9 Å². The minimum absolute atomic E-state index is 0.0361. The van der Waals surface area contributed by atoms with E-state index in [0.717, 1.165) is 4.47 Å². The van der Waals surface area contributed by atoms with Crippen LogP contribution < -0.4 is 5.14 Å². The third kappa shape index (κ3) is 3.21. The van der Waals surface area contributed by atoms with E-state index in [1.165, 1.54) is 18.2 Å². The molecule has 118 valence electrons. The number of halogens is 2. The third-order valence-electron chi connectivity index (χ3n) is 3.36. The summed E-state index contributed by atoms with van der Waals surface area (Å²) in [5.41, 5.74) is 1.81. The van der Waals surface area contributed by atoms with Crippen molar-refractivity contribution in [3.63, 3.8) is 0 Å². The molecule has 23 heavy (non-hydrogen) atoms. The van der Waals surface area contributed by atoms with Crippen LogP contribution in [0.4, 0.5) is 4.39 Å². The van der Waals surface area contributed by atoms with Gasteiger partial charge in [-0.2, -0.15) is 0 Å². The fourth-order valence-electron chi connectivity index (χ4n) is 2.38. The van der Waals surface area contributed by atoms with Gasteiger partial charge in [0.15, 0.2) is 0 Å². The summed E-state index contributed by atoms with van der Waals surface area (Å²) >= 11 is 3.39.